The molecule has 0 amide bonds. The lowest BCUT2D eigenvalue weighted by molar-refractivity contribution is -0.139. The minimum atomic E-state index is -0.630. The topological polar surface area (TPSA) is 74.6 Å². The number of hydrogen-bond acceptors (Lipinski definition) is 2. The van der Waals surface area contributed by atoms with Gasteiger partial charge in [-0.3, -0.25) is 9.59 Å². The van der Waals surface area contributed by atoms with E-state index in [1.165, 1.54) is 36.8 Å². The van der Waals surface area contributed by atoms with Crippen LogP contribution in [0.4, 0.5) is 0 Å². The van der Waals surface area contributed by atoms with Crippen LogP contribution < -0.4 is 0 Å². The van der Waals surface area contributed by atoms with E-state index in [1.807, 2.05) is 0 Å². The molecule has 20 heavy (non-hydrogen) atoms. The van der Waals surface area contributed by atoms with Crippen LogP contribution in [-0.4, -0.2) is 22.2 Å². The number of hydrogen-bond donors (Lipinski definition) is 2. The zero-order valence-corrected chi connectivity index (χ0v) is 11.9. The second-order valence-electron chi connectivity index (χ2n) is 5.73. The lowest BCUT2D eigenvalue weighted by atomic mass is 9.93. The van der Waals surface area contributed by atoms with Crippen molar-refractivity contribution >= 4 is 11.9 Å². The van der Waals surface area contributed by atoms with Gasteiger partial charge in [0.05, 0.1) is 11.8 Å². The van der Waals surface area contributed by atoms with Crippen molar-refractivity contribution in [2.45, 2.75) is 51.4 Å². The van der Waals surface area contributed by atoms with Gasteiger partial charge in [0, 0.05) is 0 Å². The van der Waals surface area contributed by atoms with Crippen molar-refractivity contribution in [3.05, 3.63) is 24.3 Å². The average molecular weight is 280 g/mol. The third-order valence-corrected chi connectivity index (χ3v) is 3.52. The SMILES string of the molecule is C=C1CCC(=C)CC1.O=C(O)C1CC1.O=C(O)C1CC1. The number of carboxylic acid groups (broad SMARTS) is 2. The first-order chi connectivity index (χ1) is 9.40. The number of carboxylic acids is 2. The van der Waals surface area contributed by atoms with Gasteiger partial charge in [-0.1, -0.05) is 24.3 Å². The first-order valence-corrected chi connectivity index (χ1v) is 7.19. The molecule has 0 atom stereocenters. The highest BCUT2D eigenvalue weighted by Crippen LogP contribution is 2.28. The summed E-state index contributed by atoms with van der Waals surface area (Å²) in [5.74, 6) is -1.22. The van der Waals surface area contributed by atoms with E-state index in [0.29, 0.717) is 0 Å². The third-order valence-electron chi connectivity index (χ3n) is 3.52. The molecule has 0 aromatic rings. The quantitative estimate of drug-likeness (QED) is 0.757. The molecule has 4 heteroatoms. The number of rotatable bonds is 2. The Balaban J connectivity index is 0.000000152. The molecule has 0 unspecified atom stereocenters. The molecule has 0 saturated heterocycles. The summed E-state index contributed by atoms with van der Waals surface area (Å²) < 4.78 is 0. The van der Waals surface area contributed by atoms with Crippen LogP contribution in [0, 0.1) is 11.8 Å². The Morgan fingerprint density at radius 2 is 1.00 bits per heavy atom. The lowest BCUT2D eigenvalue weighted by Gasteiger charge is -2.13. The molecule has 2 N–H and O–H groups in total. The lowest BCUT2D eigenvalue weighted by Crippen LogP contribution is -1.94. The standard InChI is InChI=1S/C8H12.2C4H6O2/c1-7-3-5-8(2)6-4-7;2*5-4(6)3-1-2-3/h1-6H2;2*3H,1-2H2,(H,5,6). The van der Waals surface area contributed by atoms with Gasteiger partial charge in [-0.25, -0.2) is 0 Å². The maximum atomic E-state index is 9.76. The molecule has 0 bridgehead atoms. The van der Waals surface area contributed by atoms with Crippen LogP contribution in [0.5, 0.6) is 0 Å². The van der Waals surface area contributed by atoms with E-state index < -0.39 is 11.9 Å². The molecule has 112 valence electrons. The Morgan fingerprint density at radius 1 is 0.750 bits per heavy atom. The largest absolute Gasteiger partial charge is 0.481 e. The van der Waals surface area contributed by atoms with Gasteiger partial charge in [0.15, 0.2) is 0 Å². The summed E-state index contributed by atoms with van der Waals surface area (Å²) in [6, 6.07) is 0. The van der Waals surface area contributed by atoms with Crippen molar-refractivity contribution < 1.29 is 19.8 Å². The molecule has 0 aliphatic heterocycles. The molecule has 3 fully saturated rings. The fourth-order valence-corrected chi connectivity index (χ4v) is 1.62. The highest BCUT2D eigenvalue weighted by Gasteiger charge is 2.29. The monoisotopic (exact) mass is 280 g/mol. The summed E-state index contributed by atoms with van der Waals surface area (Å²) in [5, 5.41) is 16.1. The summed E-state index contributed by atoms with van der Waals surface area (Å²) >= 11 is 0. The van der Waals surface area contributed by atoms with Crippen molar-refractivity contribution in [2.24, 2.45) is 11.8 Å². The van der Waals surface area contributed by atoms with E-state index in [-0.39, 0.29) is 11.8 Å². The van der Waals surface area contributed by atoms with Crippen LogP contribution in [0.15, 0.2) is 24.3 Å². The fraction of sp³-hybridized carbons (Fsp3) is 0.625. The third kappa shape index (κ3) is 7.77. The zero-order valence-electron chi connectivity index (χ0n) is 11.9. The van der Waals surface area contributed by atoms with Gasteiger partial charge in [-0.2, -0.15) is 0 Å². The molecule has 0 radical (unpaired) electrons. The molecule has 3 aliphatic carbocycles. The van der Waals surface area contributed by atoms with Crippen molar-refractivity contribution in [3.63, 3.8) is 0 Å². The van der Waals surface area contributed by atoms with Crippen LogP contribution in [0.2, 0.25) is 0 Å². The smallest absolute Gasteiger partial charge is 0.306 e. The molecule has 0 aromatic heterocycles. The van der Waals surface area contributed by atoms with Crippen molar-refractivity contribution in [1.82, 2.24) is 0 Å². The zero-order chi connectivity index (χ0) is 15.1. The summed E-state index contributed by atoms with van der Waals surface area (Å²) in [6.07, 6.45) is 8.31. The average Bonchev–Trinajstić information content (AvgIpc) is 3.26. The van der Waals surface area contributed by atoms with Gasteiger partial charge in [0.2, 0.25) is 0 Å². The van der Waals surface area contributed by atoms with E-state index in [1.54, 1.807) is 0 Å². The molecule has 3 aliphatic rings. The first-order valence-electron chi connectivity index (χ1n) is 7.19. The fourth-order valence-electron chi connectivity index (χ4n) is 1.62. The Morgan fingerprint density at radius 3 is 1.10 bits per heavy atom. The Bertz CT molecular complexity index is 339. The first kappa shape index (κ1) is 16.5. The molecular weight excluding hydrogens is 256 g/mol. The summed E-state index contributed by atoms with van der Waals surface area (Å²) in [4.78, 5) is 19.5. The van der Waals surface area contributed by atoms with Gasteiger partial charge in [0.25, 0.3) is 0 Å². The van der Waals surface area contributed by atoms with E-state index in [4.69, 9.17) is 10.2 Å². The second-order valence-corrected chi connectivity index (χ2v) is 5.73. The molecule has 0 heterocycles. The Kier molecular flexibility index (Phi) is 6.49. The van der Waals surface area contributed by atoms with E-state index in [9.17, 15) is 9.59 Å². The molecule has 3 rings (SSSR count). The van der Waals surface area contributed by atoms with Crippen LogP contribution in [0.3, 0.4) is 0 Å². The molecule has 0 aromatic carbocycles. The summed E-state index contributed by atoms with van der Waals surface area (Å²) in [7, 11) is 0. The molecule has 0 spiro atoms. The van der Waals surface area contributed by atoms with Gasteiger partial charge < -0.3 is 10.2 Å². The van der Waals surface area contributed by atoms with E-state index in [2.05, 4.69) is 13.2 Å². The van der Waals surface area contributed by atoms with Crippen LogP contribution >= 0.6 is 0 Å². The molecule has 4 nitrogen and oxygen atoms in total. The maximum absolute atomic E-state index is 9.76. The summed E-state index contributed by atoms with van der Waals surface area (Å²) in [5.41, 5.74) is 2.80. The van der Waals surface area contributed by atoms with Crippen LogP contribution in [0.1, 0.15) is 51.4 Å². The number of carbonyl (C=O) groups is 2. The molecular formula is C16H24O4. The highest BCUT2D eigenvalue weighted by atomic mass is 16.4. The van der Waals surface area contributed by atoms with E-state index >= 15 is 0 Å². The molecule has 3 saturated carbocycles. The van der Waals surface area contributed by atoms with Crippen molar-refractivity contribution in [1.29, 1.82) is 0 Å². The van der Waals surface area contributed by atoms with Gasteiger partial charge in [-0.15, -0.1) is 0 Å². The number of allylic oxidation sites excluding steroid dienone is 2. The highest BCUT2D eigenvalue weighted by molar-refractivity contribution is 5.72. The van der Waals surface area contributed by atoms with Gasteiger partial charge in [-0.05, 0) is 51.4 Å². The number of aliphatic carboxylic acids is 2. The predicted octanol–water partition coefficient (Wildman–Crippen LogP) is 3.63. The van der Waals surface area contributed by atoms with Crippen molar-refractivity contribution in [2.75, 3.05) is 0 Å². The minimum absolute atomic E-state index is 0.0185. The van der Waals surface area contributed by atoms with Crippen LogP contribution in [0.25, 0.3) is 0 Å². The predicted molar refractivity (Wildman–Crippen MR) is 77.5 cm³/mol. The maximum Gasteiger partial charge on any atom is 0.306 e. The van der Waals surface area contributed by atoms with Crippen LogP contribution in [-0.2, 0) is 9.59 Å². The summed E-state index contributed by atoms with van der Waals surface area (Å²) in [6.45, 7) is 7.82. The minimum Gasteiger partial charge on any atom is -0.481 e. The van der Waals surface area contributed by atoms with Gasteiger partial charge in [0.1, 0.15) is 0 Å². The Hall–Kier alpha value is -1.58. The Labute approximate surface area is 120 Å². The second kappa shape index (κ2) is 7.88. The van der Waals surface area contributed by atoms with Crippen molar-refractivity contribution in [3.8, 4) is 0 Å². The normalized spacial score (nSPS) is 21.0. The van der Waals surface area contributed by atoms with E-state index in [0.717, 1.165) is 25.7 Å². The van der Waals surface area contributed by atoms with Gasteiger partial charge >= 0.3 is 11.9 Å².